The Hall–Kier alpha value is -3.40. The van der Waals surface area contributed by atoms with E-state index in [0.29, 0.717) is 34.6 Å². The smallest absolute Gasteiger partial charge is 0.253 e. The van der Waals surface area contributed by atoms with Crippen molar-refractivity contribution in [2.24, 2.45) is 0 Å². The largest absolute Gasteiger partial charge is 0.383 e. The number of para-hydroxylation sites is 1. The fourth-order valence-corrected chi connectivity index (χ4v) is 4.14. The molecule has 3 aromatic rings. The number of likely N-dealkylation sites (N-methyl/N-ethyl adjacent to an activating group) is 1. The average Bonchev–Trinajstić information content (AvgIpc) is 3.02. The van der Waals surface area contributed by atoms with Gasteiger partial charge in [-0.1, -0.05) is 23.7 Å². The minimum atomic E-state index is -0.203. The first-order valence-electron chi connectivity index (χ1n) is 11.4. The van der Waals surface area contributed by atoms with Gasteiger partial charge in [-0.05, 0) is 35.9 Å². The number of carbonyl (C=O) groups excluding carboxylic acids is 1. The Balaban J connectivity index is 1.56. The van der Waals surface area contributed by atoms with E-state index < -0.39 is 0 Å². The van der Waals surface area contributed by atoms with Crippen LogP contribution in [0.4, 0.5) is 28.8 Å². The van der Waals surface area contributed by atoms with Crippen LogP contribution in [0, 0.1) is 0 Å². The summed E-state index contributed by atoms with van der Waals surface area (Å²) >= 11 is 6.36. The summed E-state index contributed by atoms with van der Waals surface area (Å²) in [5.74, 6) is 0.597. The van der Waals surface area contributed by atoms with Crippen LogP contribution < -0.4 is 20.9 Å². The van der Waals surface area contributed by atoms with Crippen LogP contribution in [0.1, 0.15) is 15.9 Å². The number of hydrogen-bond donors (Lipinski definition) is 3. The zero-order valence-electron chi connectivity index (χ0n) is 20.1. The maximum Gasteiger partial charge on any atom is 0.253 e. The predicted octanol–water partition coefficient (Wildman–Crippen LogP) is 3.88. The van der Waals surface area contributed by atoms with Gasteiger partial charge in [-0.3, -0.25) is 9.69 Å². The van der Waals surface area contributed by atoms with E-state index >= 15 is 0 Å². The first kappa shape index (κ1) is 24.7. The third kappa shape index (κ3) is 6.00. The molecule has 10 heteroatoms. The van der Waals surface area contributed by atoms with Crippen molar-refractivity contribution in [3.05, 3.63) is 64.8 Å². The van der Waals surface area contributed by atoms with Crippen LogP contribution in [0.25, 0.3) is 0 Å². The lowest BCUT2D eigenvalue weighted by atomic mass is 10.1. The molecule has 0 unspecified atom stereocenters. The van der Waals surface area contributed by atoms with Crippen LogP contribution >= 0.6 is 11.6 Å². The van der Waals surface area contributed by atoms with Crippen LogP contribution in [-0.4, -0.2) is 68.2 Å². The van der Waals surface area contributed by atoms with E-state index in [9.17, 15) is 4.79 Å². The summed E-state index contributed by atoms with van der Waals surface area (Å²) in [6, 6.07) is 13.4. The van der Waals surface area contributed by atoms with Gasteiger partial charge in [-0.2, -0.15) is 4.98 Å². The van der Waals surface area contributed by atoms with Crippen LogP contribution in [0.5, 0.6) is 0 Å². The standard InChI is InChI=1S/C25H30ClN7O2/c1-27-24(34)19-6-4-5-7-21(19)30-23-20(26)15-28-25(31-23)29-18-8-9-22-17(14-18)16-33(12-13-35-3)11-10-32(22)2/h4-9,14-15H,10-13,16H2,1-3H3,(H,27,34)(H2,28,29,30,31). The third-order valence-corrected chi connectivity index (χ3v) is 6.18. The molecule has 1 aliphatic rings. The number of carbonyl (C=O) groups is 1. The van der Waals surface area contributed by atoms with E-state index in [4.69, 9.17) is 16.3 Å². The molecule has 0 radical (unpaired) electrons. The summed E-state index contributed by atoms with van der Waals surface area (Å²) < 4.78 is 5.27. The molecule has 1 aliphatic heterocycles. The highest BCUT2D eigenvalue weighted by molar-refractivity contribution is 6.33. The zero-order valence-corrected chi connectivity index (χ0v) is 20.9. The Kier molecular flexibility index (Phi) is 8.02. The number of benzene rings is 2. The average molecular weight is 496 g/mol. The van der Waals surface area contributed by atoms with Crippen molar-refractivity contribution >= 4 is 46.3 Å². The molecule has 4 rings (SSSR count). The van der Waals surface area contributed by atoms with E-state index in [1.807, 2.05) is 12.1 Å². The summed E-state index contributed by atoms with van der Waals surface area (Å²) in [6.07, 6.45) is 1.53. The summed E-state index contributed by atoms with van der Waals surface area (Å²) in [6.45, 7) is 4.35. The Bertz CT molecular complexity index is 1190. The second-order valence-electron chi connectivity index (χ2n) is 8.30. The normalized spacial score (nSPS) is 13.7. The second-order valence-corrected chi connectivity index (χ2v) is 8.71. The molecular weight excluding hydrogens is 466 g/mol. The maximum atomic E-state index is 12.2. The van der Waals surface area contributed by atoms with Gasteiger partial charge in [0.2, 0.25) is 5.95 Å². The van der Waals surface area contributed by atoms with Crippen molar-refractivity contribution in [1.29, 1.82) is 0 Å². The molecule has 3 N–H and O–H groups in total. The van der Waals surface area contributed by atoms with Crippen LogP contribution in [0.15, 0.2) is 48.7 Å². The van der Waals surface area contributed by atoms with Gasteiger partial charge in [0.25, 0.3) is 5.91 Å². The highest BCUT2D eigenvalue weighted by Gasteiger charge is 2.18. The molecule has 1 amide bonds. The number of amides is 1. The molecule has 1 aromatic heterocycles. The number of fused-ring (bicyclic) bond motifs is 1. The third-order valence-electron chi connectivity index (χ3n) is 5.90. The minimum absolute atomic E-state index is 0.203. The first-order valence-corrected chi connectivity index (χ1v) is 11.8. The van der Waals surface area contributed by atoms with Crippen LogP contribution in [-0.2, 0) is 11.3 Å². The molecule has 35 heavy (non-hydrogen) atoms. The van der Waals surface area contributed by atoms with E-state index in [1.165, 1.54) is 17.4 Å². The lowest BCUT2D eigenvalue weighted by Gasteiger charge is -2.20. The number of halogens is 1. The van der Waals surface area contributed by atoms with Gasteiger partial charge in [0.1, 0.15) is 5.02 Å². The Morgan fingerprint density at radius 1 is 1.17 bits per heavy atom. The summed E-state index contributed by atoms with van der Waals surface area (Å²) in [4.78, 5) is 25.8. The quantitative estimate of drug-likeness (QED) is 0.433. The zero-order chi connectivity index (χ0) is 24.8. The highest BCUT2D eigenvalue weighted by Crippen LogP contribution is 2.30. The van der Waals surface area contributed by atoms with Crippen molar-refractivity contribution in [2.45, 2.75) is 6.54 Å². The van der Waals surface area contributed by atoms with Gasteiger partial charge >= 0.3 is 0 Å². The molecule has 0 spiro atoms. The van der Waals surface area contributed by atoms with Crippen molar-refractivity contribution in [3.63, 3.8) is 0 Å². The van der Waals surface area contributed by atoms with Gasteiger partial charge in [0, 0.05) is 58.8 Å². The first-order chi connectivity index (χ1) is 17.0. The lowest BCUT2D eigenvalue weighted by Crippen LogP contribution is -2.31. The van der Waals surface area contributed by atoms with E-state index in [2.05, 4.69) is 54.9 Å². The highest BCUT2D eigenvalue weighted by atomic mass is 35.5. The molecule has 0 fully saturated rings. The predicted molar refractivity (Wildman–Crippen MR) is 140 cm³/mol. The van der Waals surface area contributed by atoms with Gasteiger partial charge in [-0.15, -0.1) is 0 Å². The van der Waals surface area contributed by atoms with Crippen LogP contribution in [0.3, 0.4) is 0 Å². The number of anilines is 5. The molecule has 2 aromatic carbocycles. The summed E-state index contributed by atoms with van der Waals surface area (Å²) in [7, 11) is 5.43. The van der Waals surface area contributed by atoms with Gasteiger partial charge in [0.05, 0.1) is 24.1 Å². The number of methoxy groups -OCH3 is 1. The Morgan fingerprint density at radius 3 is 2.80 bits per heavy atom. The molecule has 0 bridgehead atoms. The van der Waals surface area contributed by atoms with Crippen molar-refractivity contribution in [1.82, 2.24) is 20.2 Å². The lowest BCUT2D eigenvalue weighted by molar-refractivity contribution is 0.0964. The van der Waals surface area contributed by atoms with Gasteiger partial charge in [-0.25, -0.2) is 4.98 Å². The molecule has 9 nitrogen and oxygen atoms in total. The fraction of sp³-hybridized carbons (Fsp3) is 0.320. The number of ether oxygens (including phenoxy) is 1. The molecule has 0 saturated heterocycles. The molecule has 184 valence electrons. The topological polar surface area (TPSA) is 94.6 Å². The SMILES string of the molecule is CNC(=O)c1ccccc1Nc1nc(Nc2ccc3c(c2)CN(CCOC)CCN3C)ncc1Cl. The summed E-state index contributed by atoms with van der Waals surface area (Å²) in [5.41, 5.74) is 4.40. The summed E-state index contributed by atoms with van der Waals surface area (Å²) in [5, 5.41) is 9.44. The number of rotatable bonds is 8. The van der Waals surface area contributed by atoms with Gasteiger partial charge < -0.3 is 25.6 Å². The maximum absolute atomic E-state index is 12.2. The van der Waals surface area contributed by atoms with Crippen molar-refractivity contribution in [2.75, 3.05) is 63.0 Å². The number of nitrogens with zero attached hydrogens (tertiary/aromatic N) is 4. The van der Waals surface area contributed by atoms with Crippen molar-refractivity contribution < 1.29 is 9.53 Å². The van der Waals surface area contributed by atoms with Crippen molar-refractivity contribution in [3.8, 4) is 0 Å². The van der Waals surface area contributed by atoms with E-state index in [1.54, 1.807) is 32.4 Å². The Morgan fingerprint density at radius 2 is 2.00 bits per heavy atom. The number of aromatic nitrogens is 2. The molecule has 0 aliphatic carbocycles. The monoisotopic (exact) mass is 495 g/mol. The molecule has 2 heterocycles. The second kappa shape index (κ2) is 11.4. The Labute approximate surface area is 210 Å². The number of nitrogens with one attached hydrogen (secondary N) is 3. The minimum Gasteiger partial charge on any atom is -0.383 e. The van der Waals surface area contributed by atoms with E-state index in [0.717, 1.165) is 31.9 Å². The van der Waals surface area contributed by atoms with Crippen LogP contribution in [0.2, 0.25) is 5.02 Å². The molecule has 0 atom stereocenters. The van der Waals surface area contributed by atoms with E-state index in [-0.39, 0.29) is 5.91 Å². The molecular formula is C25H30ClN7O2. The fourth-order valence-electron chi connectivity index (χ4n) is 4.00. The molecule has 0 saturated carbocycles. The van der Waals surface area contributed by atoms with Gasteiger partial charge in [0.15, 0.2) is 5.82 Å². The number of hydrogen-bond acceptors (Lipinski definition) is 8.